The molecule has 0 saturated carbocycles. The molecule has 1 rings (SSSR count). The fourth-order valence-electron chi connectivity index (χ4n) is 1.78. The zero-order valence-electron chi connectivity index (χ0n) is 12.0. The van der Waals surface area contributed by atoms with Crippen LogP contribution in [0.2, 0.25) is 0 Å². The first-order valence-electron chi connectivity index (χ1n) is 6.73. The molecule has 0 bridgehead atoms. The summed E-state index contributed by atoms with van der Waals surface area (Å²) in [5, 5.41) is 2.87. The third kappa shape index (κ3) is 5.30. The summed E-state index contributed by atoms with van der Waals surface area (Å²) in [4.78, 5) is 12.0. The second-order valence-electron chi connectivity index (χ2n) is 5.12. The molecule has 0 spiro atoms. The maximum absolute atomic E-state index is 12.0. The first-order valence-corrected chi connectivity index (χ1v) is 6.73. The Morgan fingerprint density at radius 2 is 2.16 bits per heavy atom. The number of amides is 1. The SMILES string of the molecule is Cc1cccc(N)c1C(=O)NCCCOCC(C)C. The lowest BCUT2D eigenvalue weighted by Gasteiger charge is -2.10. The van der Waals surface area contributed by atoms with Gasteiger partial charge in [-0.05, 0) is 30.9 Å². The molecule has 3 N–H and O–H groups in total. The number of aryl methyl sites for hydroxylation is 1. The number of carbonyl (C=O) groups is 1. The van der Waals surface area contributed by atoms with E-state index in [-0.39, 0.29) is 5.91 Å². The van der Waals surface area contributed by atoms with Crippen LogP contribution in [-0.4, -0.2) is 25.7 Å². The van der Waals surface area contributed by atoms with Crippen LogP contribution < -0.4 is 11.1 Å². The average Bonchev–Trinajstić information content (AvgIpc) is 2.33. The molecular weight excluding hydrogens is 240 g/mol. The number of nitrogens with two attached hydrogens (primary N) is 1. The van der Waals surface area contributed by atoms with Crippen molar-refractivity contribution < 1.29 is 9.53 Å². The van der Waals surface area contributed by atoms with Gasteiger partial charge in [-0.2, -0.15) is 0 Å². The highest BCUT2D eigenvalue weighted by Gasteiger charge is 2.11. The van der Waals surface area contributed by atoms with E-state index in [1.807, 2.05) is 19.1 Å². The molecule has 1 aromatic rings. The Morgan fingerprint density at radius 1 is 1.42 bits per heavy atom. The van der Waals surface area contributed by atoms with E-state index in [0.717, 1.165) is 18.6 Å². The largest absolute Gasteiger partial charge is 0.398 e. The fraction of sp³-hybridized carbons (Fsp3) is 0.533. The Labute approximate surface area is 115 Å². The smallest absolute Gasteiger partial charge is 0.253 e. The molecule has 0 aromatic heterocycles. The summed E-state index contributed by atoms with van der Waals surface area (Å²) in [6, 6.07) is 5.48. The molecular formula is C15H24N2O2. The van der Waals surface area contributed by atoms with Crippen molar-refractivity contribution >= 4 is 11.6 Å². The lowest BCUT2D eigenvalue weighted by Crippen LogP contribution is -2.27. The minimum absolute atomic E-state index is 0.112. The molecule has 4 nitrogen and oxygen atoms in total. The van der Waals surface area contributed by atoms with Gasteiger partial charge in [0.25, 0.3) is 5.91 Å². The highest BCUT2D eigenvalue weighted by atomic mass is 16.5. The van der Waals surface area contributed by atoms with E-state index in [1.54, 1.807) is 6.07 Å². The van der Waals surface area contributed by atoms with E-state index in [0.29, 0.717) is 30.3 Å². The monoisotopic (exact) mass is 264 g/mol. The van der Waals surface area contributed by atoms with Crippen LogP contribution in [0.15, 0.2) is 18.2 Å². The Balaban J connectivity index is 2.32. The van der Waals surface area contributed by atoms with E-state index in [2.05, 4.69) is 19.2 Å². The Bertz CT molecular complexity index is 396. The molecule has 0 saturated heterocycles. The maximum Gasteiger partial charge on any atom is 0.253 e. The minimum atomic E-state index is -0.112. The van der Waals surface area contributed by atoms with Gasteiger partial charge in [0.05, 0.1) is 5.56 Å². The number of ether oxygens (including phenoxy) is 1. The van der Waals surface area contributed by atoms with Crippen molar-refractivity contribution in [1.29, 1.82) is 0 Å². The zero-order chi connectivity index (χ0) is 14.3. The van der Waals surface area contributed by atoms with Crippen LogP contribution >= 0.6 is 0 Å². The number of nitrogens with one attached hydrogen (secondary N) is 1. The van der Waals surface area contributed by atoms with Crippen LogP contribution in [0.5, 0.6) is 0 Å². The number of rotatable bonds is 7. The van der Waals surface area contributed by atoms with Crippen molar-refractivity contribution in [1.82, 2.24) is 5.32 Å². The molecule has 0 fully saturated rings. The van der Waals surface area contributed by atoms with Crippen LogP contribution in [0.3, 0.4) is 0 Å². The number of anilines is 1. The number of hydrogen-bond acceptors (Lipinski definition) is 3. The number of carbonyl (C=O) groups excluding carboxylic acids is 1. The van der Waals surface area contributed by atoms with Crippen molar-refractivity contribution in [2.45, 2.75) is 27.2 Å². The van der Waals surface area contributed by atoms with Gasteiger partial charge >= 0.3 is 0 Å². The van der Waals surface area contributed by atoms with E-state index < -0.39 is 0 Å². The normalized spacial score (nSPS) is 10.7. The second-order valence-corrected chi connectivity index (χ2v) is 5.12. The summed E-state index contributed by atoms with van der Waals surface area (Å²) >= 11 is 0. The van der Waals surface area contributed by atoms with Crippen LogP contribution in [0.25, 0.3) is 0 Å². The molecule has 0 radical (unpaired) electrons. The molecule has 1 amide bonds. The van der Waals surface area contributed by atoms with Crippen molar-refractivity contribution in [2.75, 3.05) is 25.5 Å². The lowest BCUT2D eigenvalue weighted by molar-refractivity contribution is 0.0925. The van der Waals surface area contributed by atoms with E-state index in [1.165, 1.54) is 0 Å². The third-order valence-corrected chi connectivity index (χ3v) is 2.73. The lowest BCUT2D eigenvalue weighted by atomic mass is 10.1. The molecule has 0 unspecified atom stereocenters. The fourth-order valence-corrected chi connectivity index (χ4v) is 1.78. The first kappa shape index (κ1) is 15.5. The van der Waals surface area contributed by atoms with Crippen molar-refractivity contribution in [2.24, 2.45) is 5.92 Å². The molecule has 106 valence electrons. The average molecular weight is 264 g/mol. The van der Waals surface area contributed by atoms with Gasteiger partial charge in [0.2, 0.25) is 0 Å². The summed E-state index contributed by atoms with van der Waals surface area (Å²) in [7, 11) is 0. The van der Waals surface area contributed by atoms with Gasteiger partial charge in [-0.15, -0.1) is 0 Å². The second kappa shape index (κ2) is 7.79. The quantitative estimate of drug-likeness (QED) is 0.587. The number of hydrogen-bond donors (Lipinski definition) is 2. The topological polar surface area (TPSA) is 64.4 Å². The van der Waals surface area contributed by atoms with E-state index in [4.69, 9.17) is 10.5 Å². The van der Waals surface area contributed by atoms with Gasteiger partial charge in [0, 0.05) is 25.4 Å². The molecule has 0 aliphatic carbocycles. The summed E-state index contributed by atoms with van der Waals surface area (Å²) in [5.74, 6) is 0.431. The summed E-state index contributed by atoms with van der Waals surface area (Å²) < 4.78 is 5.45. The van der Waals surface area contributed by atoms with Crippen LogP contribution in [0.4, 0.5) is 5.69 Å². The van der Waals surface area contributed by atoms with Gasteiger partial charge < -0.3 is 15.8 Å². The van der Waals surface area contributed by atoms with Gasteiger partial charge in [-0.3, -0.25) is 4.79 Å². The highest BCUT2D eigenvalue weighted by molar-refractivity contribution is 6.00. The molecule has 19 heavy (non-hydrogen) atoms. The highest BCUT2D eigenvalue weighted by Crippen LogP contribution is 2.15. The van der Waals surface area contributed by atoms with E-state index in [9.17, 15) is 4.79 Å². The molecule has 1 aromatic carbocycles. The predicted octanol–water partition coefficient (Wildman–Crippen LogP) is 2.37. The molecule has 0 atom stereocenters. The number of benzene rings is 1. The van der Waals surface area contributed by atoms with Crippen molar-refractivity contribution in [3.8, 4) is 0 Å². The number of nitrogen functional groups attached to an aromatic ring is 1. The Hall–Kier alpha value is -1.55. The molecule has 0 heterocycles. The predicted molar refractivity (Wildman–Crippen MR) is 78.2 cm³/mol. The summed E-state index contributed by atoms with van der Waals surface area (Å²) in [6.07, 6.45) is 0.810. The summed E-state index contributed by atoms with van der Waals surface area (Å²) in [5.41, 5.74) is 7.82. The Morgan fingerprint density at radius 3 is 2.79 bits per heavy atom. The molecule has 0 aliphatic heterocycles. The van der Waals surface area contributed by atoms with Gasteiger partial charge in [-0.25, -0.2) is 0 Å². The van der Waals surface area contributed by atoms with Crippen molar-refractivity contribution in [3.05, 3.63) is 29.3 Å². The zero-order valence-corrected chi connectivity index (χ0v) is 12.0. The van der Waals surface area contributed by atoms with Gasteiger partial charge in [0.1, 0.15) is 0 Å². The van der Waals surface area contributed by atoms with E-state index >= 15 is 0 Å². The van der Waals surface area contributed by atoms with Crippen molar-refractivity contribution in [3.63, 3.8) is 0 Å². The Kier molecular flexibility index (Phi) is 6.36. The summed E-state index contributed by atoms with van der Waals surface area (Å²) in [6.45, 7) is 8.15. The van der Waals surface area contributed by atoms with Gasteiger partial charge in [-0.1, -0.05) is 26.0 Å². The van der Waals surface area contributed by atoms with Gasteiger partial charge in [0.15, 0.2) is 0 Å². The minimum Gasteiger partial charge on any atom is -0.398 e. The van der Waals surface area contributed by atoms with Crippen LogP contribution in [0, 0.1) is 12.8 Å². The third-order valence-electron chi connectivity index (χ3n) is 2.73. The van der Waals surface area contributed by atoms with Crippen LogP contribution in [0.1, 0.15) is 36.2 Å². The molecule has 4 heteroatoms. The van der Waals surface area contributed by atoms with Crippen LogP contribution in [-0.2, 0) is 4.74 Å². The maximum atomic E-state index is 12.0. The molecule has 0 aliphatic rings. The first-order chi connectivity index (χ1) is 9.02. The standard InChI is InChI=1S/C15H24N2O2/c1-11(2)10-19-9-5-8-17-15(18)14-12(3)6-4-7-13(14)16/h4,6-7,11H,5,8-10,16H2,1-3H3,(H,17,18).